The Kier molecular flexibility index (Phi) is 2.53. The Morgan fingerprint density at radius 2 is 2.07 bits per heavy atom. The second-order valence-corrected chi connectivity index (χ2v) is 3.24. The van der Waals surface area contributed by atoms with Crippen molar-refractivity contribution in [2.24, 2.45) is 0 Å². The average molecular weight is 202 g/mol. The van der Waals surface area contributed by atoms with E-state index in [1.807, 2.05) is 19.1 Å². The second-order valence-electron chi connectivity index (χ2n) is 3.24. The molecule has 1 atom stereocenters. The number of aromatic nitrogens is 4. The highest BCUT2D eigenvalue weighted by Gasteiger charge is 2.04. The van der Waals surface area contributed by atoms with Crippen molar-refractivity contribution in [3.05, 3.63) is 36.5 Å². The number of hydrogen-bond acceptors (Lipinski definition) is 4. The third-order valence-corrected chi connectivity index (χ3v) is 2.18. The van der Waals surface area contributed by atoms with Gasteiger partial charge in [-0.1, -0.05) is 13.0 Å². The molecule has 15 heavy (non-hydrogen) atoms. The van der Waals surface area contributed by atoms with Crippen molar-refractivity contribution < 1.29 is 4.79 Å². The lowest BCUT2D eigenvalue weighted by Gasteiger charge is -2.04. The summed E-state index contributed by atoms with van der Waals surface area (Å²) in [5.74, 6) is 0.620. The van der Waals surface area contributed by atoms with Crippen molar-refractivity contribution in [1.82, 2.24) is 19.7 Å². The van der Waals surface area contributed by atoms with E-state index in [1.165, 1.54) is 0 Å². The zero-order valence-electron chi connectivity index (χ0n) is 8.24. The zero-order valence-corrected chi connectivity index (χ0v) is 8.24. The molecule has 0 amide bonds. The molecule has 2 aromatic heterocycles. The van der Waals surface area contributed by atoms with E-state index in [-0.39, 0.29) is 5.92 Å². The van der Waals surface area contributed by atoms with Crippen LogP contribution in [0.15, 0.2) is 31.0 Å². The van der Waals surface area contributed by atoms with Gasteiger partial charge in [-0.15, -0.1) is 10.2 Å². The van der Waals surface area contributed by atoms with Crippen LogP contribution in [0.3, 0.4) is 0 Å². The smallest absolute Gasteiger partial charge is 0.139 e. The van der Waals surface area contributed by atoms with E-state index in [0.29, 0.717) is 0 Å². The first-order valence-electron chi connectivity index (χ1n) is 4.57. The van der Waals surface area contributed by atoms with Gasteiger partial charge in [0.05, 0.1) is 0 Å². The lowest BCUT2D eigenvalue weighted by atomic mass is 10.1. The quantitative estimate of drug-likeness (QED) is 0.695. The summed E-state index contributed by atoms with van der Waals surface area (Å²) >= 11 is 0. The van der Waals surface area contributed by atoms with Crippen molar-refractivity contribution in [3.8, 4) is 5.82 Å². The Labute approximate surface area is 86.8 Å². The SMILES string of the molecule is CC(C=O)c1ccc(-n2cnnc2)nc1. The Morgan fingerprint density at radius 3 is 2.60 bits per heavy atom. The number of carbonyl (C=O) groups excluding carboxylic acids is 1. The topological polar surface area (TPSA) is 60.7 Å². The molecule has 0 radical (unpaired) electrons. The van der Waals surface area contributed by atoms with Crippen LogP contribution in [0.2, 0.25) is 0 Å². The Morgan fingerprint density at radius 1 is 1.33 bits per heavy atom. The summed E-state index contributed by atoms with van der Waals surface area (Å²) in [6, 6.07) is 3.71. The second kappa shape index (κ2) is 4.00. The van der Waals surface area contributed by atoms with Crippen molar-refractivity contribution in [1.29, 1.82) is 0 Å². The first-order chi connectivity index (χ1) is 7.31. The van der Waals surface area contributed by atoms with Crippen LogP contribution in [-0.4, -0.2) is 26.0 Å². The van der Waals surface area contributed by atoms with Crippen molar-refractivity contribution >= 4 is 6.29 Å². The van der Waals surface area contributed by atoms with Crippen LogP contribution in [0.5, 0.6) is 0 Å². The van der Waals surface area contributed by atoms with E-state index in [2.05, 4.69) is 15.2 Å². The van der Waals surface area contributed by atoms with Gasteiger partial charge in [0.2, 0.25) is 0 Å². The Balaban J connectivity index is 2.28. The molecule has 2 rings (SSSR count). The summed E-state index contributed by atoms with van der Waals surface area (Å²) in [6.45, 7) is 1.84. The van der Waals surface area contributed by atoms with Gasteiger partial charge in [0.1, 0.15) is 24.8 Å². The van der Waals surface area contributed by atoms with Gasteiger partial charge in [-0.3, -0.25) is 4.57 Å². The lowest BCUT2D eigenvalue weighted by Crippen LogP contribution is -1.98. The zero-order chi connectivity index (χ0) is 10.7. The molecule has 0 saturated heterocycles. The van der Waals surface area contributed by atoms with E-state index in [9.17, 15) is 4.79 Å². The molecule has 0 N–H and O–H groups in total. The third-order valence-electron chi connectivity index (χ3n) is 2.18. The summed E-state index contributed by atoms with van der Waals surface area (Å²) < 4.78 is 1.70. The van der Waals surface area contributed by atoms with Gasteiger partial charge in [0, 0.05) is 12.1 Å². The molecule has 0 saturated carbocycles. The first-order valence-corrected chi connectivity index (χ1v) is 4.57. The maximum atomic E-state index is 10.6. The van der Waals surface area contributed by atoms with Crippen molar-refractivity contribution in [3.63, 3.8) is 0 Å². The Hall–Kier alpha value is -2.04. The number of hydrogen-bond donors (Lipinski definition) is 0. The van der Waals surface area contributed by atoms with Crippen LogP contribution in [0.25, 0.3) is 5.82 Å². The van der Waals surface area contributed by atoms with Crippen LogP contribution in [0.1, 0.15) is 18.4 Å². The minimum absolute atomic E-state index is 0.118. The van der Waals surface area contributed by atoms with E-state index in [0.717, 1.165) is 17.7 Å². The fraction of sp³-hybridized carbons (Fsp3) is 0.200. The van der Waals surface area contributed by atoms with E-state index >= 15 is 0 Å². The molecule has 0 aliphatic heterocycles. The van der Waals surface area contributed by atoms with Gasteiger partial charge in [0.25, 0.3) is 0 Å². The normalized spacial score (nSPS) is 12.3. The van der Waals surface area contributed by atoms with E-state index in [1.54, 1.807) is 23.4 Å². The minimum atomic E-state index is -0.118. The van der Waals surface area contributed by atoms with Crippen LogP contribution >= 0.6 is 0 Å². The molecular weight excluding hydrogens is 192 g/mol. The van der Waals surface area contributed by atoms with E-state index < -0.39 is 0 Å². The van der Waals surface area contributed by atoms with Gasteiger partial charge >= 0.3 is 0 Å². The summed E-state index contributed by atoms with van der Waals surface area (Å²) in [7, 11) is 0. The first kappa shape index (κ1) is 9.51. The third kappa shape index (κ3) is 1.90. The number of rotatable bonds is 3. The average Bonchev–Trinajstić information content (AvgIpc) is 2.82. The molecule has 5 heteroatoms. The van der Waals surface area contributed by atoms with Gasteiger partial charge in [0.15, 0.2) is 0 Å². The fourth-order valence-corrected chi connectivity index (χ4v) is 1.22. The Bertz CT molecular complexity index is 435. The summed E-state index contributed by atoms with van der Waals surface area (Å²) in [5, 5.41) is 7.38. The van der Waals surface area contributed by atoms with Crippen LogP contribution in [0, 0.1) is 0 Å². The predicted octanol–water partition coefficient (Wildman–Crippen LogP) is 0.965. The molecule has 0 spiro atoms. The number of aldehydes is 1. The summed E-state index contributed by atoms with van der Waals surface area (Å²) in [4.78, 5) is 14.8. The molecule has 0 fully saturated rings. The molecule has 1 unspecified atom stereocenters. The fourth-order valence-electron chi connectivity index (χ4n) is 1.22. The lowest BCUT2D eigenvalue weighted by molar-refractivity contribution is -0.108. The standard InChI is InChI=1S/C10H10N4O/c1-8(5-15)9-2-3-10(11-4-9)14-6-12-13-7-14/h2-8H,1H3. The monoisotopic (exact) mass is 202 g/mol. The number of pyridine rings is 1. The van der Waals surface area contributed by atoms with Gasteiger partial charge in [-0.2, -0.15) is 0 Å². The highest BCUT2D eigenvalue weighted by Crippen LogP contribution is 2.12. The highest BCUT2D eigenvalue weighted by molar-refractivity contribution is 5.61. The molecule has 0 aliphatic rings. The maximum Gasteiger partial charge on any atom is 0.139 e. The maximum absolute atomic E-state index is 10.6. The summed E-state index contributed by atoms with van der Waals surface area (Å²) in [5.41, 5.74) is 0.904. The van der Waals surface area contributed by atoms with Gasteiger partial charge in [-0.05, 0) is 11.6 Å². The molecule has 0 aliphatic carbocycles. The summed E-state index contributed by atoms with van der Waals surface area (Å²) in [6.07, 6.45) is 5.74. The molecule has 5 nitrogen and oxygen atoms in total. The van der Waals surface area contributed by atoms with E-state index in [4.69, 9.17) is 0 Å². The predicted molar refractivity (Wildman–Crippen MR) is 53.6 cm³/mol. The molecule has 76 valence electrons. The van der Waals surface area contributed by atoms with Crippen LogP contribution in [0.4, 0.5) is 0 Å². The largest absolute Gasteiger partial charge is 0.303 e. The van der Waals surface area contributed by atoms with Gasteiger partial charge in [-0.25, -0.2) is 4.98 Å². The minimum Gasteiger partial charge on any atom is -0.303 e. The molecular formula is C10H10N4O. The van der Waals surface area contributed by atoms with Crippen LogP contribution in [-0.2, 0) is 4.79 Å². The molecule has 2 aromatic rings. The number of nitrogens with zero attached hydrogens (tertiary/aromatic N) is 4. The number of carbonyl (C=O) groups is 1. The molecule has 0 aromatic carbocycles. The van der Waals surface area contributed by atoms with Crippen molar-refractivity contribution in [2.75, 3.05) is 0 Å². The van der Waals surface area contributed by atoms with Crippen LogP contribution < -0.4 is 0 Å². The molecule has 2 heterocycles. The molecule has 0 bridgehead atoms. The van der Waals surface area contributed by atoms with Crippen molar-refractivity contribution in [2.45, 2.75) is 12.8 Å². The highest BCUT2D eigenvalue weighted by atomic mass is 16.1. The van der Waals surface area contributed by atoms with Gasteiger partial charge < -0.3 is 4.79 Å².